The molecule has 0 radical (unpaired) electrons. The second kappa shape index (κ2) is 6.43. The van der Waals surface area contributed by atoms with Crippen molar-refractivity contribution in [3.8, 4) is 5.69 Å². The molecule has 0 amide bonds. The lowest BCUT2D eigenvalue weighted by atomic mass is 9.54. The van der Waals surface area contributed by atoms with E-state index in [0.717, 1.165) is 30.8 Å². The summed E-state index contributed by atoms with van der Waals surface area (Å²) in [4.78, 5) is 5.26. The van der Waals surface area contributed by atoms with Gasteiger partial charge in [-0.15, -0.1) is 0 Å². The van der Waals surface area contributed by atoms with Crippen molar-refractivity contribution in [2.24, 2.45) is 5.92 Å². The Morgan fingerprint density at radius 2 is 1.77 bits per heavy atom. The Morgan fingerprint density at radius 1 is 1.03 bits per heavy atom. The van der Waals surface area contributed by atoms with Gasteiger partial charge in [0.05, 0.1) is 11.9 Å². The molecule has 150 valence electrons. The van der Waals surface area contributed by atoms with Gasteiger partial charge in [-0.2, -0.15) is 0 Å². The lowest BCUT2D eigenvalue weighted by Gasteiger charge is -2.49. The van der Waals surface area contributed by atoms with E-state index in [0.29, 0.717) is 11.8 Å². The van der Waals surface area contributed by atoms with Crippen LogP contribution in [0.3, 0.4) is 0 Å². The van der Waals surface area contributed by atoms with Crippen LogP contribution in [-0.2, 0) is 18.3 Å². The molecule has 4 aromatic rings. The number of nitrogens with zero attached hydrogens (tertiary/aromatic N) is 3. The number of aromatic nitrogens is 3. The van der Waals surface area contributed by atoms with Gasteiger partial charge in [-0.1, -0.05) is 60.6 Å². The smallest absolute Gasteiger partial charge is 0.143 e. The summed E-state index contributed by atoms with van der Waals surface area (Å²) < 4.78 is 8.07. The van der Waals surface area contributed by atoms with Crippen LogP contribution >= 0.6 is 0 Å². The molecule has 0 saturated heterocycles. The zero-order chi connectivity index (χ0) is 20.3. The molecule has 2 aliphatic rings. The van der Waals surface area contributed by atoms with E-state index >= 15 is 0 Å². The third-order valence-corrected chi connectivity index (χ3v) is 7.35. The number of hydrogen-bond donors (Lipinski definition) is 0. The first-order valence-corrected chi connectivity index (χ1v) is 10.8. The van der Waals surface area contributed by atoms with E-state index in [4.69, 9.17) is 9.51 Å². The molecule has 30 heavy (non-hydrogen) atoms. The van der Waals surface area contributed by atoms with E-state index in [1.165, 1.54) is 28.2 Å². The fourth-order valence-corrected chi connectivity index (χ4v) is 6.14. The predicted octanol–water partition coefficient (Wildman–Crippen LogP) is 5.38. The first-order chi connectivity index (χ1) is 14.7. The van der Waals surface area contributed by atoms with Crippen LogP contribution in [0.5, 0.6) is 0 Å². The average Bonchev–Trinajstić information content (AvgIpc) is 3.39. The summed E-state index contributed by atoms with van der Waals surface area (Å²) in [6.45, 7) is 4.44. The first kappa shape index (κ1) is 17.7. The Kier molecular flexibility index (Phi) is 3.79. The Morgan fingerprint density at radius 3 is 2.53 bits per heavy atom. The van der Waals surface area contributed by atoms with Crippen LogP contribution < -0.4 is 0 Å². The van der Waals surface area contributed by atoms with Gasteiger partial charge in [-0.25, -0.2) is 4.98 Å². The van der Waals surface area contributed by atoms with Crippen LogP contribution in [0, 0.1) is 12.8 Å². The van der Waals surface area contributed by atoms with Gasteiger partial charge in [0, 0.05) is 28.3 Å². The Bertz CT molecular complexity index is 1210. The molecule has 0 aliphatic heterocycles. The van der Waals surface area contributed by atoms with Crippen molar-refractivity contribution in [2.45, 2.75) is 44.4 Å². The van der Waals surface area contributed by atoms with Crippen LogP contribution in [-0.4, -0.2) is 14.7 Å². The molecule has 0 saturated carbocycles. The topological polar surface area (TPSA) is 43.9 Å². The molecule has 3 atom stereocenters. The first-order valence-electron chi connectivity index (χ1n) is 10.8. The summed E-state index contributed by atoms with van der Waals surface area (Å²) in [6.07, 6.45) is 4.95. The van der Waals surface area contributed by atoms with E-state index in [2.05, 4.69) is 84.2 Å². The SMILES string of the molecule is Cc1nc2c(n1-c1ccccc1)CC[C@H]1[C@H](C)c3oncc3C[C@]21c1ccccc1. The molecule has 6 rings (SSSR count). The number of para-hydroxylation sites is 1. The van der Waals surface area contributed by atoms with Crippen LogP contribution in [0.2, 0.25) is 0 Å². The Labute approximate surface area is 176 Å². The number of rotatable bonds is 2. The maximum atomic E-state index is 5.71. The summed E-state index contributed by atoms with van der Waals surface area (Å²) in [5.74, 6) is 2.87. The van der Waals surface area contributed by atoms with Crippen LogP contribution in [0.25, 0.3) is 5.69 Å². The largest absolute Gasteiger partial charge is 0.361 e. The normalized spacial score (nSPS) is 24.7. The molecule has 2 aromatic carbocycles. The van der Waals surface area contributed by atoms with Crippen LogP contribution in [0.15, 0.2) is 71.4 Å². The molecule has 2 heterocycles. The molecule has 2 aromatic heterocycles. The Hall–Kier alpha value is -3.14. The minimum atomic E-state index is -0.155. The van der Waals surface area contributed by atoms with E-state index in [-0.39, 0.29) is 5.41 Å². The summed E-state index contributed by atoms with van der Waals surface area (Å²) >= 11 is 0. The quantitative estimate of drug-likeness (QED) is 0.458. The predicted molar refractivity (Wildman–Crippen MR) is 116 cm³/mol. The minimum absolute atomic E-state index is 0.155. The van der Waals surface area contributed by atoms with Gasteiger partial charge in [0.25, 0.3) is 0 Å². The number of fused-ring (bicyclic) bond motifs is 4. The summed E-state index contributed by atoms with van der Waals surface area (Å²) in [7, 11) is 0. The standard InChI is InChI=1S/C26H25N3O/c1-17-22-13-14-23-25(28-18(2)29(23)21-11-7-4-8-12-21)26(22,20-9-5-3-6-10-20)15-19-16-27-30-24(17)19/h3-12,16-17,22H,13-15H2,1-2H3/t17-,22-,26+/m0/s1. The van der Waals surface area contributed by atoms with E-state index in [1.54, 1.807) is 0 Å². The number of benzene rings is 2. The average molecular weight is 396 g/mol. The van der Waals surface area contributed by atoms with Crippen molar-refractivity contribution >= 4 is 0 Å². The lowest BCUT2D eigenvalue weighted by Crippen LogP contribution is -2.47. The second-order valence-corrected chi connectivity index (χ2v) is 8.79. The maximum Gasteiger partial charge on any atom is 0.143 e. The fourth-order valence-electron chi connectivity index (χ4n) is 6.14. The molecule has 2 aliphatic carbocycles. The number of hydrogen-bond acceptors (Lipinski definition) is 3. The summed E-state index contributed by atoms with van der Waals surface area (Å²) in [5, 5.41) is 4.16. The van der Waals surface area contributed by atoms with Crippen molar-refractivity contribution in [3.63, 3.8) is 0 Å². The lowest BCUT2D eigenvalue weighted by molar-refractivity contribution is 0.188. The third-order valence-electron chi connectivity index (χ3n) is 7.35. The third kappa shape index (κ3) is 2.28. The molecule has 0 fully saturated rings. The zero-order valence-corrected chi connectivity index (χ0v) is 17.4. The molecule has 0 N–H and O–H groups in total. The highest BCUT2D eigenvalue weighted by molar-refractivity contribution is 5.50. The molecule has 4 heteroatoms. The van der Waals surface area contributed by atoms with Gasteiger partial charge in [-0.3, -0.25) is 0 Å². The van der Waals surface area contributed by atoms with Crippen molar-refractivity contribution in [1.29, 1.82) is 0 Å². The molecular weight excluding hydrogens is 370 g/mol. The highest BCUT2D eigenvalue weighted by Gasteiger charge is 2.54. The van der Waals surface area contributed by atoms with Gasteiger partial charge in [0.1, 0.15) is 11.6 Å². The van der Waals surface area contributed by atoms with Crippen LogP contribution in [0.1, 0.15) is 53.4 Å². The van der Waals surface area contributed by atoms with Gasteiger partial charge < -0.3 is 9.09 Å². The van der Waals surface area contributed by atoms with Crippen molar-refractivity contribution in [1.82, 2.24) is 14.7 Å². The number of aryl methyl sites for hydroxylation is 1. The van der Waals surface area contributed by atoms with Crippen molar-refractivity contribution in [2.75, 3.05) is 0 Å². The van der Waals surface area contributed by atoms with Gasteiger partial charge in [0.15, 0.2) is 0 Å². The van der Waals surface area contributed by atoms with E-state index in [1.807, 2.05) is 6.20 Å². The maximum absolute atomic E-state index is 5.71. The zero-order valence-electron chi connectivity index (χ0n) is 17.4. The summed E-state index contributed by atoms with van der Waals surface area (Å²) in [6, 6.07) is 21.6. The van der Waals surface area contributed by atoms with Crippen LogP contribution in [0.4, 0.5) is 0 Å². The fraction of sp³-hybridized carbons (Fsp3) is 0.308. The second-order valence-electron chi connectivity index (χ2n) is 8.79. The monoisotopic (exact) mass is 395 g/mol. The van der Waals surface area contributed by atoms with E-state index < -0.39 is 0 Å². The summed E-state index contributed by atoms with van der Waals surface area (Å²) in [5.41, 5.74) is 6.21. The number of imidazole rings is 1. The molecule has 4 nitrogen and oxygen atoms in total. The Balaban J connectivity index is 1.65. The molecule has 0 unspecified atom stereocenters. The van der Waals surface area contributed by atoms with Gasteiger partial charge in [0.2, 0.25) is 0 Å². The highest BCUT2D eigenvalue weighted by atomic mass is 16.5. The highest BCUT2D eigenvalue weighted by Crippen LogP contribution is 2.56. The molecular formula is C26H25N3O. The van der Waals surface area contributed by atoms with Gasteiger partial charge >= 0.3 is 0 Å². The van der Waals surface area contributed by atoms with Crippen molar-refractivity contribution < 1.29 is 4.52 Å². The molecule has 0 spiro atoms. The molecule has 0 bridgehead atoms. The van der Waals surface area contributed by atoms with E-state index in [9.17, 15) is 0 Å². The van der Waals surface area contributed by atoms with Gasteiger partial charge in [-0.05, 0) is 49.8 Å². The van der Waals surface area contributed by atoms with Crippen molar-refractivity contribution in [3.05, 3.63) is 101 Å². The minimum Gasteiger partial charge on any atom is -0.361 e.